The van der Waals surface area contributed by atoms with Crippen molar-refractivity contribution in [2.45, 2.75) is 37.8 Å². The van der Waals surface area contributed by atoms with E-state index >= 15 is 0 Å². The number of aromatic nitrogens is 3. The van der Waals surface area contributed by atoms with E-state index in [1.807, 2.05) is 42.5 Å². The molecule has 1 fully saturated rings. The van der Waals surface area contributed by atoms with Crippen LogP contribution in [0.1, 0.15) is 31.7 Å². The summed E-state index contributed by atoms with van der Waals surface area (Å²) >= 11 is 0. The van der Waals surface area contributed by atoms with Gasteiger partial charge in [-0.25, -0.2) is 9.97 Å². The Morgan fingerprint density at radius 3 is 2.30 bits per heavy atom. The number of rotatable bonds is 4. The van der Waals surface area contributed by atoms with Gasteiger partial charge in [0.1, 0.15) is 29.3 Å². The molecule has 30 heavy (non-hydrogen) atoms. The van der Waals surface area contributed by atoms with Gasteiger partial charge in [-0.3, -0.25) is 0 Å². The lowest BCUT2D eigenvalue weighted by Crippen LogP contribution is -2.27. The maximum Gasteiger partial charge on any atom is 0.146 e. The Bertz CT molecular complexity index is 1150. The molecule has 6 nitrogen and oxygen atoms in total. The molecule has 2 aromatic heterocycles. The van der Waals surface area contributed by atoms with E-state index in [2.05, 4.69) is 32.9 Å². The van der Waals surface area contributed by atoms with E-state index in [1.54, 1.807) is 6.33 Å². The van der Waals surface area contributed by atoms with Gasteiger partial charge in [-0.2, -0.15) is 0 Å². The van der Waals surface area contributed by atoms with Crippen LogP contribution in [0.25, 0.3) is 22.2 Å². The van der Waals surface area contributed by atoms with Gasteiger partial charge in [0.05, 0.1) is 5.39 Å². The highest BCUT2D eigenvalue weighted by molar-refractivity contribution is 6.00. The minimum Gasteiger partial charge on any atom is -0.457 e. The van der Waals surface area contributed by atoms with Gasteiger partial charge >= 0.3 is 0 Å². The summed E-state index contributed by atoms with van der Waals surface area (Å²) in [6, 6.07) is 18.5. The van der Waals surface area contributed by atoms with Gasteiger partial charge in [0, 0.05) is 23.8 Å². The molecular weight excluding hydrogens is 374 g/mol. The number of fused-ring (bicyclic) bond motifs is 1. The highest BCUT2D eigenvalue weighted by Gasteiger charge is 2.24. The predicted molar refractivity (Wildman–Crippen MR) is 119 cm³/mol. The summed E-state index contributed by atoms with van der Waals surface area (Å²) < 4.78 is 8.19. The summed E-state index contributed by atoms with van der Waals surface area (Å²) in [6.45, 7) is 0. The van der Waals surface area contributed by atoms with Crippen molar-refractivity contribution >= 4 is 16.9 Å². The number of para-hydroxylation sites is 1. The summed E-state index contributed by atoms with van der Waals surface area (Å²) in [7, 11) is 0. The molecule has 0 atom stereocenters. The van der Waals surface area contributed by atoms with Crippen LogP contribution in [-0.4, -0.2) is 20.6 Å². The lowest BCUT2D eigenvalue weighted by Gasteiger charge is -2.27. The second kappa shape index (κ2) is 7.80. The van der Waals surface area contributed by atoms with Crippen LogP contribution in [0.2, 0.25) is 0 Å². The minimum atomic E-state index is 0.305. The van der Waals surface area contributed by atoms with Gasteiger partial charge in [0.15, 0.2) is 0 Å². The Labute approximate surface area is 175 Å². The molecule has 0 aliphatic heterocycles. The van der Waals surface area contributed by atoms with Crippen molar-refractivity contribution in [2.75, 3.05) is 5.73 Å². The largest absolute Gasteiger partial charge is 0.457 e. The quantitative estimate of drug-likeness (QED) is 0.508. The van der Waals surface area contributed by atoms with Gasteiger partial charge in [-0.15, -0.1) is 0 Å². The molecule has 0 amide bonds. The zero-order valence-corrected chi connectivity index (χ0v) is 16.7. The number of nitrogens with zero attached hydrogens (tertiary/aromatic N) is 3. The number of anilines is 1. The lowest BCUT2D eigenvalue weighted by molar-refractivity contribution is 0.329. The number of nitrogens with two attached hydrogens (primary N) is 2. The highest BCUT2D eigenvalue weighted by Crippen LogP contribution is 2.38. The highest BCUT2D eigenvalue weighted by atomic mass is 16.5. The molecule has 0 bridgehead atoms. The van der Waals surface area contributed by atoms with Gasteiger partial charge in [-0.05, 0) is 55.5 Å². The molecule has 4 N–H and O–H groups in total. The van der Waals surface area contributed by atoms with Crippen LogP contribution < -0.4 is 16.2 Å². The molecule has 0 radical (unpaired) electrons. The van der Waals surface area contributed by atoms with Crippen molar-refractivity contribution in [2.24, 2.45) is 5.73 Å². The van der Waals surface area contributed by atoms with Crippen LogP contribution in [0.5, 0.6) is 11.5 Å². The summed E-state index contributed by atoms with van der Waals surface area (Å²) in [5, 5.41) is 0.907. The van der Waals surface area contributed by atoms with Crippen molar-refractivity contribution in [1.82, 2.24) is 14.5 Å². The first kappa shape index (κ1) is 18.6. The Kier molecular flexibility index (Phi) is 4.85. The van der Waals surface area contributed by atoms with Crippen molar-refractivity contribution in [3.8, 4) is 22.6 Å². The number of ether oxygens (including phenoxy) is 1. The molecular formula is C24H25N5O. The van der Waals surface area contributed by atoms with Crippen molar-refractivity contribution < 1.29 is 4.74 Å². The van der Waals surface area contributed by atoms with Crippen LogP contribution in [0, 0.1) is 0 Å². The normalized spacial score (nSPS) is 19.1. The fourth-order valence-electron chi connectivity index (χ4n) is 4.31. The van der Waals surface area contributed by atoms with E-state index in [0.717, 1.165) is 59.3 Å². The van der Waals surface area contributed by atoms with Gasteiger partial charge < -0.3 is 20.8 Å². The van der Waals surface area contributed by atoms with Crippen molar-refractivity contribution in [3.63, 3.8) is 0 Å². The number of benzene rings is 2. The third kappa shape index (κ3) is 3.50. The fraction of sp³-hybridized carbons (Fsp3) is 0.250. The average Bonchev–Trinajstić information content (AvgIpc) is 3.17. The Morgan fingerprint density at radius 1 is 0.867 bits per heavy atom. The van der Waals surface area contributed by atoms with E-state index < -0.39 is 0 Å². The SMILES string of the molecule is Nc1ncnc2c1c(-c1ccc(Oc3ccccc3)cc1)cn2C1CCC(N)CC1. The first-order valence-electron chi connectivity index (χ1n) is 10.4. The van der Waals surface area contributed by atoms with E-state index in [9.17, 15) is 0 Å². The predicted octanol–water partition coefficient (Wildman–Crippen LogP) is 4.92. The van der Waals surface area contributed by atoms with Gasteiger partial charge in [0.25, 0.3) is 0 Å². The van der Waals surface area contributed by atoms with Gasteiger partial charge in [-0.1, -0.05) is 30.3 Å². The zero-order chi connectivity index (χ0) is 20.5. The molecule has 0 spiro atoms. The number of hydrogen-bond donors (Lipinski definition) is 2. The minimum absolute atomic E-state index is 0.305. The molecule has 1 aliphatic carbocycles. The maximum absolute atomic E-state index is 6.28. The molecule has 1 saturated carbocycles. The average molecular weight is 399 g/mol. The molecule has 4 aromatic rings. The first-order chi connectivity index (χ1) is 14.7. The summed E-state index contributed by atoms with van der Waals surface area (Å²) in [5.41, 5.74) is 15.4. The third-order valence-corrected chi connectivity index (χ3v) is 5.92. The van der Waals surface area contributed by atoms with E-state index in [1.165, 1.54) is 0 Å². The fourth-order valence-corrected chi connectivity index (χ4v) is 4.31. The smallest absolute Gasteiger partial charge is 0.146 e. The lowest BCUT2D eigenvalue weighted by atomic mass is 9.92. The molecule has 6 heteroatoms. The van der Waals surface area contributed by atoms with Gasteiger partial charge in [0.2, 0.25) is 0 Å². The number of hydrogen-bond acceptors (Lipinski definition) is 5. The second-order valence-electron chi connectivity index (χ2n) is 7.92. The van der Waals surface area contributed by atoms with Crippen LogP contribution in [-0.2, 0) is 0 Å². The zero-order valence-electron chi connectivity index (χ0n) is 16.7. The molecule has 0 saturated heterocycles. The summed E-state index contributed by atoms with van der Waals surface area (Å²) in [6.07, 6.45) is 7.89. The Balaban J connectivity index is 1.51. The van der Waals surface area contributed by atoms with Crippen molar-refractivity contribution in [3.05, 3.63) is 67.1 Å². The molecule has 152 valence electrons. The summed E-state index contributed by atoms with van der Waals surface area (Å²) in [5.74, 6) is 2.11. The number of nitrogen functional groups attached to an aromatic ring is 1. The van der Waals surface area contributed by atoms with Crippen LogP contribution >= 0.6 is 0 Å². The first-order valence-corrected chi connectivity index (χ1v) is 10.4. The maximum atomic E-state index is 6.28. The Hall–Kier alpha value is -3.38. The van der Waals surface area contributed by atoms with Crippen LogP contribution in [0.15, 0.2) is 67.1 Å². The van der Waals surface area contributed by atoms with E-state index in [-0.39, 0.29) is 0 Å². The molecule has 1 aliphatic rings. The second-order valence-corrected chi connectivity index (χ2v) is 7.92. The molecule has 0 unspecified atom stereocenters. The third-order valence-electron chi connectivity index (χ3n) is 5.92. The van der Waals surface area contributed by atoms with E-state index in [0.29, 0.717) is 17.9 Å². The summed E-state index contributed by atoms with van der Waals surface area (Å²) in [4.78, 5) is 8.82. The van der Waals surface area contributed by atoms with Crippen LogP contribution in [0.4, 0.5) is 5.82 Å². The van der Waals surface area contributed by atoms with E-state index in [4.69, 9.17) is 16.2 Å². The monoisotopic (exact) mass is 399 g/mol. The molecule has 2 aromatic carbocycles. The molecule has 2 heterocycles. The topological polar surface area (TPSA) is 92.0 Å². The Morgan fingerprint density at radius 2 is 1.57 bits per heavy atom. The van der Waals surface area contributed by atoms with Crippen LogP contribution in [0.3, 0.4) is 0 Å². The molecule has 5 rings (SSSR count). The van der Waals surface area contributed by atoms with Crippen molar-refractivity contribution in [1.29, 1.82) is 0 Å². The standard InChI is InChI=1S/C24H25N5O/c25-17-8-10-18(11-9-17)29-14-21(22-23(26)27-15-28-24(22)29)16-6-12-20(13-7-16)30-19-4-2-1-3-5-19/h1-7,12-15,17-18H,8-11,25H2,(H2,26,27,28).